The molecule has 0 bridgehead atoms. The van der Waals surface area contributed by atoms with E-state index in [0.717, 1.165) is 0 Å². The molecule has 0 aromatic carbocycles. The number of carbonyl (C=O) groups is 1. The SMILES string of the molecule is NCc1cc(F)nc(C=O)c1OC(F)(F)F. The number of carbonyl (C=O) groups excluding carboxylic acids is 1. The molecule has 0 aliphatic carbocycles. The van der Waals surface area contributed by atoms with Gasteiger partial charge in [0.2, 0.25) is 5.95 Å². The maximum atomic E-state index is 12.8. The summed E-state index contributed by atoms with van der Waals surface area (Å²) < 4.78 is 52.2. The van der Waals surface area contributed by atoms with Crippen molar-refractivity contribution in [1.29, 1.82) is 0 Å². The van der Waals surface area contributed by atoms with Crippen LogP contribution in [-0.2, 0) is 6.54 Å². The van der Waals surface area contributed by atoms with Gasteiger partial charge in [0.15, 0.2) is 12.0 Å². The van der Waals surface area contributed by atoms with Crippen molar-refractivity contribution in [2.75, 3.05) is 0 Å². The highest BCUT2D eigenvalue weighted by Gasteiger charge is 2.33. The third-order valence-corrected chi connectivity index (χ3v) is 1.59. The van der Waals surface area contributed by atoms with Crippen molar-refractivity contribution >= 4 is 6.29 Å². The molecule has 0 aliphatic heterocycles. The van der Waals surface area contributed by atoms with Crippen LogP contribution in [0.1, 0.15) is 16.1 Å². The van der Waals surface area contributed by atoms with Crippen molar-refractivity contribution in [2.24, 2.45) is 5.73 Å². The fourth-order valence-corrected chi connectivity index (χ4v) is 1.04. The molecule has 1 heterocycles. The molecular formula is C8H6F4N2O2. The summed E-state index contributed by atoms with van der Waals surface area (Å²) in [5.74, 6) is -1.97. The average molecular weight is 238 g/mol. The van der Waals surface area contributed by atoms with Crippen LogP contribution < -0.4 is 10.5 Å². The first-order chi connectivity index (χ1) is 7.37. The van der Waals surface area contributed by atoms with Crippen molar-refractivity contribution in [3.05, 3.63) is 23.3 Å². The monoisotopic (exact) mass is 238 g/mol. The predicted octanol–water partition coefficient (Wildman–Crippen LogP) is 1.39. The van der Waals surface area contributed by atoms with Gasteiger partial charge in [0, 0.05) is 18.2 Å². The van der Waals surface area contributed by atoms with Crippen molar-refractivity contribution < 1.29 is 27.1 Å². The summed E-state index contributed by atoms with van der Waals surface area (Å²) in [6.07, 6.45) is -5.04. The number of aldehydes is 1. The van der Waals surface area contributed by atoms with Crippen molar-refractivity contribution in [3.63, 3.8) is 0 Å². The average Bonchev–Trinajstić information content (AvgIpc) is 2.18. The van der Waals surface area contributed by atoms with Gasteiger partial charge in [-0.2, -0.15) is 4.39 Å². The lowest BCUT2D eigenvalue weighted by atomic mass is 10.2. The van der Waals surface area contributed by atoms with Crippen LogP contribution in [0.15, 0.2) is 6.07 Å². The van der Waals surface area contributed by atoms with Crippen LogP contribution in [-0.4, -0.2) is 17.6 Å². The van der Waals surface area contributed by atoms with Crippen LogP contribution in [0.4, 0.5) is 17.6 Å². The molecule has 0 radical (unpaired) electrons. The van der Waals surface area contributed by atoms with Gasteiger partial charge in [-0.1, -0.05) is 0 Å². The number of hydrogen-bond donors (Lipinski definition) is 1. The minimum absolute atomic E-state index is 0.0384. The van der Waals surface area contributed by atoms with Gasteiger partial charge in [-0.15, -0.1) is 13.2 Å². The Morgan fingerprint density at radius 2 is 2.12 bits per heavy atom. The number of pyridine rings is 1. The molecule has 0 saturated carbocycles. The van der Waals surface area contributed by atoms with Gasteiger partial charge in [-0.25, -0.2) is 4.98 Å². The summed E-state index contributed by atoms with van der Waals surface area (Å²) in [5, 5.41) is 0. The fourth-order valence-electron chi connectivity index (χ4n) is 1.04. The summed E-state index contributed by atoms with van der Waals surface area (Å²) in [6, 6.07) is 0.675. The Morgan fingerprint density at radius 1 is 1.50 bits per heavy atom. The van der Waals surface area contributed by atoms with Gasteiger partial charge in [-0.3, -0.25) is 4.79 Å². The fraction of sp³-hybridized carbons (Fsp3) is 0.250. The topological polar surface area (TPSA) is 65.2 Å². The number of aromatic nitrogens is 1. The second-order valence-electron chi connectivity index (χ2n) is 2.69. The Kier molecular flexibility index (Phi) is 3.43. The molecule has 4 nitrogen and oxygen atoms in total. The number of halogens is 4. The Hall–Kier alpha value is -1.70. The molecular weight excluding hydrogens is 232 g/mol. The molecule has 0 atom stereocenters. The minimum Gasteiger partial charge on any atom is -0.403 e. The summed E-state index contributed by atoms with van der Waals surface area (Å²) in [7, 11) is 0. The zero-order chi connectivity index (χ0) is 12.3. The van der Waals surface area contributed by atoms with Gasteiger partial charge < -0.3 is 10.5 Å². The van der Waals surface area contributed by atoms with Crippen LogP contribution in [0.3, 0.4) is 0 Å². The lowest BCUT2D eigenvalue weighted by Crippen LogP contribution is -2.20. The highest BCUT2D eigenvalue weighted by molar-refractivity contribution is 5.77. The van der Waals surface area contributed by atoms with E-state index in [1.165, 1.54) is 0 Å². The highest BCUT2D eigenvalue weighted by Crippen LogP contribution is 2.28. The third-order valence-electron chi connectivity index (χ3n) is 1.59. The second kappa shape index (κ2) is 4.44. The Balaban J connectivity index is 3.27. The zero-order valence-electron chi connectivity index (χ0n) is 7.71. The highest BCUT2D eigenvalue weighted by atomic mass is 19.4. The molecule has 0 unspecified atom stereocenters. The number of rotatable bonds is 3. The normalized spacial score (nSPS) is 11.3. The summed E-state index contributed by atoms with van der Waals surface area (Å²) in [6.45, 7) is -0.411. The second-order valence-corrected chi connectivity index (χ2v) is 2.69. The lowest BCUT2D eigenvalue weighted by Gasteiger charge is -2.13. The largest absolute Gasteiger partial charge is 0.573 e. The number of ether oxygens (including phenoxy) is 1. The lowest BCUT2D eigenvalue weighted by molar-refractivity contribution is -0.275. The van der Waals surface area contributed by atoms with E-state index in [9.17, 15) is 22.4 Å². The Labute approximate surface area is 87.0 Å². The number of hydrogen-bond acceptors (Lipinski definition) is 4. The summed E-state index contributed by atoms with van der Waals surface area (Å²) >= 11 is 0. The quantitative estimate of drug-likeness (QED) is 0.491. The molecule has 0 spiro atoms. The van der Waals surface area contributed by atoms with Gasteiger partial charge in [0.1, 0.15) is 5.69 Å². The van der Waals surface area contributed by atoms with Gasteiger partial charge in [0.25, 0.3) is 0 Å². The molecule has 0 saturated heterocycles. The van der Waals surface area contributed by atoms with Crippen molar-refractivity contribution in [3.8, 4) is 5.75 Å². The van der Waals surface area contributed by atoms with Crippen molar-refractivity contribution in [2.45, 2.75) is 12.9 Å². The molecule has 0 amide bonds. The van der Waals surface area contributed by atoms with E-state index < -0.39 is 30.3 Å². The molecule has 0 aliphatic rings. The molecule has 0 fully saturated rings. The smallest absolute Gasteiger partial charge is 0.403 e. The standard InChI is InChI=1S/C8H6F4N2O2/c9-6-1-4(2-13)7(5(3-15)14-6)16-8(10,11)12/h1,3H,2,13H2. The van der Waals surface area contributed by atoms with Crippen LogP contribution in [0.2, 0.25) is 0 Å². The molecule has 2 N–H and O–H groups in total. The summed E-state index contributed by atoms with van der Waals surface area (Å²) in [5.41, 5.74) is 4.04. The zero-order valence-corrected chi connectivity index (χ0v) is 7.71. The molecule has 1 rings (SSSR count). The van der Waals surface area contributed by atoms with E-state index in [-0.39, 0.29) is 11.8 Å². The van der Waals surface area contributed by atoms with Gasteiger partial charge in [-0.05, 0) is 0 Å². The van der Waals surface area contributed by atoms with E-state index in [1.54, 1.807) is 0 Å². The van der Waals surface area contributed by atoms with E-state index in [1.807, 2.05) is 0 Å². The number of alkyl halides is 3. The first-order valence-corrected chi connectivity index (χ1v) is 3.97. The minimum atomic E-state index is -5.00. The Bertz CT molecular complexity index is 406. The maximum absolute atomic E-state index is 12.8. The van der Waals surface area contributed by atoms with E-state index in [4.69, 9.17) is 5.73 Å². The van der Waals surface area contributed by atoms with E-state index >= 15 is 0 Å². The third kappa shape index (κ3) is 2.89. The number of nitrogens with zero attached hydrogens (tertiary/aromatic N) is 1. The first kappa shape index (κ1) is 12.4. The van der Waals surface area contributed by atoms with Crippen LogP contribution in [0.5, 0.6) is 5.75 Å². The molecule has 1 aromatic heterocycles. The van der Waals surface area contributed by atoms with E-state index in [0.29, 0.717) is 6.07 Å². The van der Waals surface area contributed by atoms with Crippen LogP contribution in [0.25, 0.3) is 0 Å². The molecule has 1 aromatic rings. The van der Waals surface area contributed by atoms with Crippen LogP contribution >= 0.6 is 0 Å². The maximum Gasteiger partial charge on any atom is 0.573 e. The van der Waals surface area contributed by atoms with E-state index in [2.05, 4.69) is 9.72 Å². The first-order valence-electron chi connectivity index (χ1n) is 3.97. The molecule has 88 valence electrons. The molecule has 16 heavy (non-hydrogen) atoms. The Morgan fingerprint density at radius 3 is 2.56 bits per heavy atom. The van der Waals surface area contributed by atoms with Gasteiger partial charge in [0.05, 0.1) is 0 Å². The number of nitrogens with two attached hydrogens (primary N) is 1. The predicted molar refractivity (Wildman–Crippen MR) is 44.2 cm³/mol. The summed E-state index contributed by atoms with van der Waals surface area (Å²) in [4.78, 5) is 13.4. The van der Waals surface area contributed by atoms with Crippen molar-refractivity contribution in [1.82, 2.24) is 4.98 Å². The van der Waals surface area contributed by atoms with Crippen LogP contribution in [0, 0.1) is 5.95 Å². The van der Waals surface area contributed by atoms with Gasteiger partial charge >= 0.3 is 6.36 Å². The molecule has 8 heteroatoms.